The van der Waals surface area contributed by atoms with Gasteiger partial charge in [-0.15, -0.1) is 0 Å². The molecule has 1 saturated heterocycles. The van der Waals surface area contributed by atoms with Gasteiger partial charge >= 0.3 is 0 Å². The minimum atomic E-state index is 0.719. The van der Waals surface area contributed by atoms with Gasteiger partial charge < -0.3 is 9.47 Å². The maximum Gasteiger partial charge on any atom is 0.128 e. The Labute approximate surface area is 114 Å². The van der Waals surface area contributed by atoms with E-state index >= 15 is 0 Å². The fourth-order valence-electron chi connectivity index (χ4n) is 2.38. The van der Waals surface area contributed by atoms with Crippen LogP contribution in [0.1, 0.15) is 24.8 Å². The number of rotatable bonds is 4. The van der Waals surface area contributed by atoms with E-state index in [2.05, 4.69) is 4.90 Å². The molecule has 0 spiro atoms. The first-order valence-corrected chi connectivity index (χ1v) is 6.75. The lowest BCUT2D eigenvalue weighted by atomic mass is 10.1. The predicted molar refractivity (Wildman–Crippen MR) is 73.7 cm³/mol. The van der Waals surface area contributed by atoms with Crippen LogP contribution in [0.15, 0.2) is 12.1 Å². The van der Waals surface area contributed by atoms with E-state index in [1.54, 1.807) is 14.2 Å². The molecule has 1 aromatic rings. The van der Waals surface area contributed by atoms with Crippen LogP contribution in [0.2, 0.25) is 5.02 Å². The number of likely N-dealkylation sites (tertiary alicyclic amines) is 1. The number of hydrogen-bond donors (Lipinski definition) is 0. The topological polar surface area (TPSA) is 21.7 Å². The third-order valence-electron chi connectivity index (χ3n) is 3.41. The maximum absolute atomic E-state index is 6.32. The van der Waals surface area contributed by atoms with Crippen LogP contribution in [0.25, 0.3) is 0 Å². The summed E-state index contributed by atoms with van der Waals surface area (Å²) in [4.78, 5) is 2.43. The Morgan fingerprint density at radius 3 is 2.44 bits per heavy atom. The second-order valence-electron chi connectivity index (χ2n) is 4.63. The van der Waals surface area contributed by atoms with Crippen molar-refractivity contribution in [3.05, 3.63) is 22.7 Å². The van der Waals surface area contributed by atoms with E-state index in [1.807, 2.05) is 12.1 Å². The number of ether oxygens (including phenoxy) is 2. The fraction of sp³-hybridized carbons (Fsp3) is 0.571. The molecule has 0 aliphatic carbocycles. The molecular weight excluding hydrogens is 250 g/mol. The van der Waals surface area contributed by atoms with Gasteiger partial charge in [0.25, 0.3) is 0 Å². The molecule has 0 atom stereocenters. The summed E-state index contributed by atoms with van der Waals surface area (Å²) in [6.07, 6.45) is 3.89. The first-order chi connectivity index (χ1) is 8.74. The molecular formula is C14H20ClNO2. The van der Waals surface area contributed by atoms with Crippen LogP contribution < -0.4 is 9.47 Å². The predicted octanol–water partition coefficient (Wildman–Crippen LogP) is 3.34. The fourth-order valence-corrected chi connectivity index (χ4v) is 2.64. The van der Waals surface area contributed by atoms with E-state index < -0.39 is 0 Å². The van der Waals surface area contributed by atoms with Crippen LogP contribution in [0.3, 0.4) is 0 Å². The molecule has 1 aromatic carbocycles. The Bertz CT molecular complexity index is 403. The van der Waals surface area contributed by atoms with Gasteiger partial charge in [0, 0.05) is 18.2 Å². The molecule has 1 aliphatic rings. The molecule has 1 heterocycles. The molecule has 18 heavy (non-hydrogen) atoms. The van der Waals surface area contributed by atoms with Crippen molar-refractivity contribution in [2.24, 2.45) is 0 Å². The van der Waals surface area contributed by atoms with Gasteiger partial charge in [-0.3, -0.25) is 4.90 Å². The third kappa shape index (κ3) is 3.09. The van der Waals surface area contributed by atoms with Crippen LogP contribution in [0.5, 0.6) is 11.5 Å². The lowest BCUT2D eigenvalue weighted by Crippen LogP contribution is -2.29. The second-order valence-corrected chi connectivity index (χ2v) is 5.03. The van der Waals surface area contributed by atoms with Gasteiger partial charge in [-0.25, -0.2) is 0 Å². The van der Waals surface area contributed by atoms with Gasteiger partial charge in [-0.2, -0.15) is 0 Å². The summed E-state index contributed by atoms with van der Waals surface area (Å²) in [5, 5.41) is 0.719. The molecule has 100 valence electrons. The van der Waals surface area contributed by atoms with Gasteiger partial charge in [0.1, 0.15) is 11.5 Å². The summed E-state index contributed by atoms with van der Waals surface area (Å²) in [6.45, 7) is 3.14. The molecule has 1 aliphatic heterocycles. The van der Waals surface area contributed by atoms with Crippen LogP contribution in [-0.4, -0.2) is 32.2 Å². The Morgan fingerprint density at radius 1 is 1.11 bits per heavy atom. The Hall–Kier alpha value is -0.930. The SMILES string of the molecule is COc1cc(Cl)c(CN2CCCCC2)c(OC)c1. The molecule has 0 unspecified atom stereocenters. The standard InChI is InChI=1S/C14H20ClNO2/c1-17-11-8-13(15)12(14(9-11)18-2)10-16-6-4-3-5-7-16/h8-9H,3-7,10H2,1-2H3. The molecule has 0 bridgehead atoms. The highest BCUT2D eigenvalue weighted by atomic mass is 35.5. The summed E-state index contributed by atoms with van der Waals surface area (Å²) in [7, 11) is 3.31. The smallest absolute Gasteiger partial charge is 0.128 e. The summed E-state index contributed by atoms with van der Waals surface area (Å²) < 4.78 is 10.6. The zero-order valence-electron chi connectivity index (χ0n) is 11.0. The number of piperidine rings is 1. The highest BCUT2D eigenvalue weighted by molar-refractivity contribution is 6.31. The largest absolute Gasteiger partial charge is 0.497 e. The zero-order valence-corrected chi connectivity index (χ0v) is 11.8. The van der Waals surface area contributed by atoms with Crippen LogP contribution in [-0.2, 0) is 6.54 Å². The average Bonchev–Trinajstić information content (AvgIpc) is 2.42. The summed E-state index contributed by atoms with van der Waals surface area (Å²) in [5.74, 6) is 1.55. The molecule has 4 heteroatoms. The highest BCUT2D eigenvalue weighted by Gasteiger charge is 2.16. The minimum absolute atomic E-state index is 0.719. The van der Waals surface area contributed by atoms with Crippen LogP contribution in [0.4, 0.5) is 0 Å². The second kappa shape index (κ2) is 6.30. The zero-order chi connectivity index (χ0) is 13.0. The summed E-state index contributed by atoms with van der Waals surface area (Å²) >= 11 is 6.32. The van der Waals surface area contributed by atoms with E-state index in [0.29, 0.717) is 0 Å². The Balaban J connectivity index is 2.19. The van der Waals surface area contributed by atoms with Gasteiger partial charge in [0.15, 0.2) is 0 Å². The van der Waals surface area contributed by atoms with E-state index in [4.69, 9.17) is 21.1 Å². The van der Waals surface area contributed by atoms with Crippen molar-refractivity contribution in [2.45, 2.75) is 25.8 Å². The molecule has 0 aromatic heterocycles. The first-order valence-electron chi connectivity index (χ1n) is 6.37. The summed E-state index contributed by atoms with van der Waals surface area (Å²) in [6, 6.07) is 3.74. The van der Waals surface area contributed by atoms with Crippen molar-refractivity contribution in [2.75, 3.05) is 27.3 Å². The number of hydrogen-bond acceptors (Lipinski definition) is 3. The molecule has 0 amide bonds. The third-order valence-corrected chi connectivity index (χ3v) is 3.75. The number of nitrogens with zero attached hydrogens (tertiary/aromatic N) is 1. The van der Waals surface area contributed by atoms with Crippen molar-refractivity contribution in [1.82, 2.24) is 4.90 Å². The first kappa shape index (κ1) is 13.5. The lowest BCUT2D eigenvalue weighted by Gasteiger charge is -2.27. The highest BCUT2D eigenvalue weighted by Crippen LogP contribution is 2.33. The van der Waals surface area contributed by atoms with Gasteiger partial charge in [0.2, 0.25) is 0 Å². The van der Waals surface area contributed by atoms with E-state index in [-0.39, 0.29) is 0 Å². The van der Waals surface area contributed by atoms with Gasteiger partial charge in [-0.05, 0) is 32.0 Å². The number of benzene rings is 1. The minimum Gasteiger partial charge on any atom is -0.497 e. The van der Waals surface area contributed by atoms with Crippen molar-refractivity contribution >= 4 is 11.6 Å². The summed E-state index contributed by atoms with van der Waals surface area (Å²) in [5.41, 5.74) is 1.06. The average molecular weight is 270 g/mol. The van der Waals surface area contributed by atoms with Crippen molar-refractivity contribution in [3.63, 3.8) is 0 Å². The molecule has 0 saturated carbocycles. The van der Waals surface area contributed by atoms with Gasteiger partial charge in [0.05, 0.1) is 19.2 Å². The van der Waals surface area contributed by atoms with Crippen LogP contribution in [0, 0.1) is 0 Å². The van der Waals surface area contributed by atoms with Crippen molar-refractivity contribution < 1.29 is 9.47 Å². The van der Waals surface area contributed by atoms with Crippen molar-refractivity contribution in [3.8, 4) is 11.5 Å². The molecule has 0 radical (unpaired) electrons. The van der Waals surface area contributed by atoms with Gasteiger partial charge in [-0.1, -0.05) is 18.0 Å². The molecule has 0 N–H and O–H groups in total. The molecule has 3 nitrogen and oxygen atoms in total. The quantitative estimate of drug-likeness (QED) is 0.837. The van der Waals surface area contributed by atoms with E-state index in [0.717, 1.165) is 41.7 Å². The Kier molecular flexibility index (Phi) is 4.72. The van der Waals surface area contributed by atoms with E-state index in [9.17, 15) is 0 Å². The van der Waals surface area contributed by atoms with Crippen LogP contribution >= 0.6 is 11.6 Å². The monoisotopic (exact) mass is 269 g/mol. The molecule has 1 fully saturated rings. The van der Waals surface area contributed by atoms with Crippen molar-refractivity contribution in [1.29, 1.82) is 0 Å². The molecule has 2 rings (SSSR count). The number of halogens is 1. The normalized spacial score (nSPS) is 16.6. The number of methoxy groups -OCH3 is 2. The maximum atomic E-state index is 6.32. The van der Waals surface area contributed by atoms with E-state index in [1.165, 1.54) is 19.3 Å². The lowest BCUT2D eigenvalue weighted by molar-refractivity contribution is 0.218. The Morgan fingerprint density at radius 2 is 1.83 bits per heavy atom.